The molecule has 1 amide bonds. The number of carbonyl (C=O) groups is 1. The van der Waals surface area contributed by atoms with Crippen molar-refractivity contribution >= 4 is 17.7 Å². The van der Waals surface area contributed by atoms with Crippen molar-refractivity contribution in [1.82, 2.24) is 24.6 Å². The van der Waals surface area contributed by atoms with E-state index in [1.807, 2.05) is 13.0 Å². The van der Waals surface area contributed by atoms with E-state index in [1.165, 1.54) is 31.2 Å². The van der Waals surface area contributed by atoms with Crippen molar-refractivity contribution in [2.45, 2.75) is 88.3 Å². The highest BCUT2D eigenvalue weighted by Crippen LogP contribution is 2.28. The van der Waals surface area contributed by atoms with Crippen LogP contribution < -0.4 is 0 Å². The average Bonchev–Trinajstić information content (AvgIpc) is 3.20. The number of carbonyl (C=O) groups excluding carboxylic acids is 1. The zero-order valence-electron chi connectivity index (χ0n) is 19.6. The summed E-state index contributed by atoms with van der Waals surface area (Å²) in [6, 6.07) is 10.9. The lowest BCUT2D eigenvalue weighted by atomic mass is 10.00. The molecule has 0 spiro atoms. The van der Waals surface area contributed by atoms with Crippen LogP contribution in [-0.4, -0.2) is 61.4 Å². The van der Waals surface area contributed by atoms with Gasteiger partial charge in [0.2, 0.25) is 5.91 Å². The quantitative estimate of drug-likeness (QED) is 0.545. The van der Waals surface area contributed by atoms with E-state index in [9.17, 15) is 4.79 Å². The van der Waals surface area contributed by atoms with Gasteiger partial charge in [-0.3, -0.25) is 9.69 Å². The summed E-state index contributed by atoms with van der Waals surface area (Å²) < 4.78 is 2.23. The maximum absolute atomic E-state index is 13.3. The third kappa shape index (κ3) is 5.73. The number of thioether (sulfide) groups is 1. The second-order valence-corrected chi connectivity index (χ2v) is 10.5. The number of piperidine rings is 2. The van der Waals surface area contributed by atoms with Crippen LogP contribution in [0.25, 0.3) is 0 Å². The molecule has 2 aliphatic rings. The van der Waals surface area contributed by atoms with Crippen LogP contribution in [0.1, 0.15) is 70.2 Å². The Morgan fingerprint density at radius 3 is 2.53 bits per heavy atom. The summed E-state index contributed by atoms with van der Waals surface area (Å²) in [5, 5.41) is 9.84. The van der Waals surface area contributed by atoms with Gasteiger partial charge < -0.3 is 9.47 Å². The minimum Gasteiger partial charge on any atom is -0.339 e. The van der Waals surface area contributed by atoms with Crippen LogP contribution in [0.15, 0.2) is 35.5 Å². The van der Waals surface area contributed by atoms with Crippen LogP contribution in [0.3, 0.4) is 0 Å². The van der Waals surface area contributed by atoms with Crippen LogP contribution in [0.5, 0.6) is 0 Å². The summed E-state index contributed by atoms with van der Waals surface area (Å²) in [6.45, 7) is 8.93. The fraction of sp³-hybridized carbons (Fsp3) is 0.640. The van der Waals surface area contributed by atoms with E-state index in [0.29, 0.717) is 6.04 Å². The number of nitrogens with zero attached hydrogens (tertiary/aromatic N) is 5. The molecule has 3 heterocycles. The number of benzene rings is 1. The van der Waals surface area contributed by atoms with Crippen LogP contribution in [-0.2, 0) is 17.9 Å². The van der Waals surface area contributed by atoms with Gasteiger partial charge in [0.05, 0.1) is 18.3 Å². The molecule has 32 heavy (non-hydrogen) atoms. The summed E-state index contributed by atoms with van der Waals surface area (Å²) >= 11 is 1.57. The number of hydrogen-bond acceptors (Lipinski definition) is 5. The van der Waals surface area contributed by atoms with Gasteiger partial charge in [-0.2, -0.15) is 0 Å². The molecule has 4 rings (SSSR count). The monoisotopic (exact) mass is 455 g/mol. The first-order valence-electron chi connectivity index (χ1n) is 12.3. The number of amides is 1. The predicted molar refractivity (Wildman–Crippen MR) is 130 cm³/mol. The van der Waals surface area contributed by atoms with Gasteiger partial charge in [-0.25, -0.2) is 0 Å². The molecule has 0 aliphatic carbocycles. The molecule has 6 nitrogen and oxygen atoms in total. The lowest BCUT2D eigenvalue weighted by molar-refractivity contribution is -0.134. The van der Waals surface area contributed by atoms with Gasteiger partial charge in [-0.15, -0.1) is 10.2 Å². The third-order valence-electron chi connectivity index (χ3n) is 6.80. The van der Waals surface area contributed by atoms with Crippen molar-refractivity contribution in [3.63, 3.8) is 0 Å². The number of rotatable bonds is 8. The van der Waals surface area contributed by atoms with E-state index in [-0.39, 0.29) is 11.2 Å². The Hall–Kier alpha value is -1.86. The van der Waals surface area contributed by atoms with Gasteiger partial charge >= 0.3 is 0 Å². The highest BCUT2D eigenvalue weighted by Gasteiger charge is 2.30. The van der Waals surface area contributed by atoms with E-state index in [2.05, 4.69) is 55.8 Å². The summed E-state index contributed by atoms with van der Waals surface area (Å²) in [5.41, 5.74) is 1.23. The first-order valence-corrected chi connectivity index (χ1v) is 13.2. The first-order chi connectivity index (χ1) is 15.7. The molecule has 2 aromatic rings. The molecular formula is C25H37N5OS. The van der Waals surface area contributed by atoms with Crippen molar-refractivity contribution < 1.29 is 4.79 Å². The maximum atomic E-state index is 13.3. The fourth-order valence-electron chi connectivity index (χ4n) is 4.92. The Bertz CT molecular complexity index is 864. The number of aromatic nitrogens is 3. The van der Waals surface area contributed by atoms with Gasteiger partial charge in [-0.05, 0) is 64.1 Å². The molecule has 7 heteroatoms. The van der Waals surface area contributed by atoms with E-state index >= 15 is 0 Å². The zero-order chi connectivity index (χ0) is 22.3. The Labute approximate surface area is 196 Å². The normalized spacial score (nSPS) is 20.9. The lowest BCUT2D eigenvalue weighted by Crippen LogP contribution is -2.46. The molecule has 2 unspecified atom stereocenters. The van der Waals surface area contributed by atoms with Gasteiger partial charge in [0.15, 0.2) is 5.16 Å². The van der Waals surface area contributed by atoms with Crippen molar-refractivity contribution in [2.75, 3.05) is 19.6 Å². The van der Waals surface area contributed by atoms with Crippen molar-refractivity contribution in [3.05, 3.63) is 41.7 Å². The van der Waals surface area contributed by atoms with Gasteiger partial charge in [0.1, 0.15) is 5.82 Å². The Kier molecular flexibility index (Phi) is 8.25. The van der Waals surface area contributed by atoms with E-state index in [0.717, 1.165) is 63.0 Å². The minimum atomic E-state index is -0.163. The second-order valence-electron chi connectivity index (χ2n) is 9.16. The molecule has 2 saturated heterocycles. The molecular weight excluding hydrogens is 418 g/mol. The minimum absolute atomic E-state index is 0.163. The van der Waals surface area contributed by atoms with Gasteiger partial charge in [0, 0.05) is 12.6 Å². The molecule has 0 N–H and O–H groups in total. The Balaban J connectivity index is 1.52. The smallest absolute Gasteiger partial charge is 0.236 e. The highest BCUT2D eigenvalue weighted by atomic mass is 32.2. The van der Waals surface area contributed by atoms with Crippen molar-refractivity contribution in [1.29, 1.82) is 0 Å². The van der Waals surface area contributed by atoms with E-state index in [4.69, 9.17) is 0 Å². The predicted octanol–water partition coefficient (Wildman–Crippen LogP) is 4.58. The summed E-state index contributed by atoms with van der Waals surface area (Å²) in [6.07, 6.45) is 8.35. The molecule has 2 fully saturated rings. The molecule has 2 aliphatic heterocycles. The van der Waals surface area contributed by atoms with Crippen LogP contribution in [0, 0.1) is 0 Å². The molecule has 1 aromatic carbocycles. The SMILES string of the molecule is CCC1CCCCN1C(=O)C(C)Sc1nnc(CN2CCCCC2)n1Cc1ccccc1. The topological polar surface area (TPSA) is 54.3 Å². The Morgan fingerprint density at radius 2 is 1.78 bits per heavy atom. The van der Waals surface area contributed by atoms with Gasteiger partial charge in [0.25, 0.3) is 0 Å². The molecule has 1 aromatic heterocycles. The maximum Gasteiger partial charge on any atom is 0.236 e. The van der Waals surface area contributed by atoms with Crippen LogP contribution >= 0.6 is 11.8 Å². The van der Waals surface area contributed by atoms with Crippen molar-refractivity contribution in [3.8, 4) is 0 Å². The molecule has 174 valence electrons. The fourth-order valence-corrected chi connectivity index (χ4v) is 5.86. The van der Waals surface area contributed by atoms with Crippen molar-refractivity contribution in [2.24, 2.45) is 0 Å². The standard InChI is InChI=1S/C25H37N5OS/c1-3-22-14-8-11-17-29(22)24(31)20(2)32-25-27-26-23(19-28-15-9-5-10-16-28)30(25)18-21-12-6-4-7-13-21/h4,6-7,12-13,20,22H,3,5,8-11,14-19H2,1-2H3. The second kappa shape index (κ2) is 11.3. The average molecular weight is 456 g/mol. The van der Waals surface area contributed by atoms with E-state index < -0.39 is 0 Å². The highest BCUT2D eigenvalue weighted by molar-refractivity contribution is 8.00. The first kappa shape index (κ1) is 23.3. The molecule has 0 radical (unpaired) electrons. The summed E-state index contributed by atoms with van der Waals surface area (Å²) in [7, 11) is 0. The number of hydrogen-bond donors (Lipinski definition) is 0. The zero-order valence-corrected chi connectivity index (χ0v) is 20.4. The molecule has 0 saturated carbocycles. The number of likely N-dealkylation sites (tertiary alicyclic amines) is 2. The van der Waals surface area contributed by atoms with Gasteiger partial charge in [-0.1, -0.05) is 55.4 Å². The lowest BCUT2D eigenvalue weighted by Gasteiger charge is -2.36. The van der Waals surface area contributed by atoms with E-state index in [1.54, 1.807) is 11.8 Å². The molecule has 0 bridgehead atoms. The van der Waals surface area contributed by atoms with Crippen LogP contribution in [0.2, 0.25) is 0 Å². The largest absolute Gasteiger partial charge is 0.339 e. The Morgan fingerprint density at radius 1 is 1.03 bits per heavy atom. The summed E-state index contributed by atoms with van der Waals surface area (Å²) in [5.74, 6) is 1.25. The molecule has 2 atom stereocenters. The van der Waals surface area contributed by atoms with Crippen LogP contribution in [0.4, 0.5) is 0 Å². The third-order valence-corrected chi connectivity index (χ3v) is 7.87. The summed E-state index contributed by atoms with van der Waals surface area (Å²) in [4.78, 5) is 17.9.